The molecule has 0 saturated carbocycles. The number of rotatable bonds is 5. The zero-order chi connectivity index (χ0) is 18.3. The Kier molecular flexibility index (Phi) is 4.62. The Hall–Kier alpha value is -2.10. The number of aryl methyl sites for hydroxylation is 1. The van der Waals surface area contributed by atoms with E-state index in [9.17, 15) is 21.6 Å². The van der Waals surface area contributed by atoms with Crippen LogP contribution in [0.15, 0.2) is 18.7 Å². The fraction of sp³-hybridized carbons (Fsp3) is 0.429. The lowest BCUT2D eigenvalue weighted by molar-refractivity contribution is -0.0501. The van der Waals surface area contributed by atoms with Crippen LogP contribution in [-0.2, 0) is 16.7 Å². The minimum atomic E-state index is -5.79. The average molecular weight is 363 g/mol. The van der Waals surface area contributed by atoms with Gasteiger partial charge in [-0.1, -0.05) is 19.9 Å². The highest BCUT2D eigenvalue weighted by Gasteiger charge is 2.49. The topological polar surface area (TPSA) is 74.1 Å². The van der Waals surface area contributed by atoms with Gasteiger partial charge in [-0.25, -0.2) is 4.68 Å². The fourth-order valence-corrected chi connectivity index (χ4v) is 2.67. The first-order valence-electron chi connectivity index (χ1n) is 6.97. The molecule has 132 valence electrons. The summed E-state index contributed by atoms with van der Waals surface area (Å²) in [6, 6.07) is 1.20. The van der Waals surface area contributed by atoms with Gasteiger partial charge in [-0.2, -0.15) is 31.7 Å². The summed E-state index contributed by atoms with van der Waals surface area (Å²) in [5.74, 6) is -0.750. The number of allylic oxidation sites excluding steroid dienone is 1. The highest BCUT2D eigenvalue weighted by atomic mass is 32.2. The van der Waals surface area contributed by atoms with Gasteiger partial charge < -0.3 is 4.18 Å². The van der Waals surface area contributed by atoms with Crippen LogP contribution >= 0.6 is 0 Å². The molecule has 0 fully saturated rings. The number of halogens is 3. The molecule has 0 aliphatic carbocycles. The second-order valence-corrected chi connectivity index (χ2v) is 6.98. The predicted octanol–water partition coefficient (Wildman–Crippen LogP) is 3.28. The number of hydrogen-bond donors (Lipinski definition) is 0. The maximum atomic E-state index is 12.5. The van der Waals surface area contributed by atoms with Crippen molar-refractivity contribution in [1.29, 1.82) is 0 Å². The molecular weight excluding hydrogens is 347 g/mol. The number of aromatic nitrogens is 3. The van der Waals surface area contributed by atoms with Crippen LogP contribution in [0.3, 0.4) is 0 Å². The lowest BCUT2D eigenvalue weighted by atomic mass is 10.00. The van der Waals surface area contributed by atoms with Gasteiger partial charge in [-0.05, 0) is 18.4 Å². The molecule has 0 radical (unpaired) electrons. The standard InChI is InChI=1S/C14H16F3N3O3S/c1-5-6-20-13-12(9(4)19-20)10(8(2)3)7-11(18-13)23-24(21,22)14(15,16)17/h5,7-8H,1,6H2,2-4H3. The summed E-state index contributed by atoms with van der Waals surface area (Å²) < 4.78 is 65.6. The van der Waals surface area contributed by atoms with Gasteiger partial charge in [0.2, 0.25) is 5.88 Å². The summed E-state index contributed by atoms with van der Waals surface area (Å²) in [4.78, 5) is 3.91. The molecular formula is C14H16F3N3O3S. The first-order valence-corrected chi connectivity index (χ1v) is 8.38. The van der Waals surface area contributed by atoms with Gasteiger partial charge in [0.05, 0.1) is 12.2 Å². The third kappa shape index (κ3) is 3.23. The smallest absolute Gasteiger partial charge is 0.355 e. The molecule has 10 heteroatoms. The monoisotopic (exact) mass is 363 g/mol. The normalized spacial score (nSPS) is 12.8. The molecule has 0 aliphatic rings. The molecule has 0 amide bonds. The molecule has 0 N–H and O–H groups in total. The molecule has 0 atom stereocenters. The molecule has 2 rings (SSSR count). The van der Waals surface area contributed by atoms with Crippen LogP contribution in [0, 0.1) is 6.92 Å². The van der Waals surface area contributed by atoms with Gasteiger partial charge in [0.25, 0.3) is 0 Å². The molecule has 2 aromatic heterocycles. The van der Waals surface area contributed by atoms with Crippen molar-refractivity contribution in [2.24, 2.45) is 0 Å². The van der Waals surface area contributed by atoms with Gasteiger partial charge in [-0.3, -0.25) is 0 Å². The van der Waals surface area contributed by atoms with E-state index in [2.05, 4.69) is 20.8 Å². The minimum absolute atomic E-state index is 0.105. The van der Waals surface area contributed by atoms with Gasteiger partial charge in [0, 0.05) is 11.5 Å². The summed E-state index contributed by atoms with van der Waals surface area (Å²) >= 11 is 0. The molecule has 24 heavy (non-hydrogen) atoms. The Labute approximate surface area is 137 Å². The van der Waals surface area contributed by atoms with Crippen molar-refractivity contribution < 1.29 is 25.8 Å². The van der Waals surface area contributed by atoms with Crippen LogP contribution in [0.4, 0.5) is 13.2 Å². The summed E-state index contributed by atoms with van der Waals surface area (Å²) in [6.45, 7) is 9.23. The Bertz CT molecular complexity index is 886. The number of hydrogen-bond acceptors (Lipinski definition) is 5. The zero-order valence-corrected chi connectivity index (χ0v) is 14.1. The van der Waals surface area contributed by atoms with Gasteiger partial charge in [-0.15, -0.1) is 6.58 Å². The molecule has 2 aromatic rings. The second-order valence-electron chi connectivity index (χ2n) is 5.44. The highest BCUT2D eigenvalue weighted by molar-refractivity contribution is 7.87. The van der Waals surface area contributed by atoms with Crippen molar-refractivity contribution in [3.63, 3.8) is 0 Å². The fourth-order valence-electron chi connectivity index (χ4n) is 2.27. The number of nitrogens with zero attached hydrogens (tertiary/aromatic N) is 3. The van der Waals surface area contributed by atoms with E-state index in [0.29, 0.717) is 16.6 Å². The van der Waals surface area contributed by atoms with Crippen LogP contribution in [0.25, 0.3) is 11.0 Å². The SMILES string of the molecule is C=CCn1nc(C)c2c(C(C)C)cc(OS(=O)(=O)C(F)(F)F)nc21. The van der Waals surface area contributed by atoms with Crippen LogP contribution in [0.2, 0.25) is 0 Å². The zero-order valence-electron chi connectivity index (χ0n) is 13.3. The van der Waals surface area contributed by atoms with Crippen LogP contribution in [0.1, 0.15) is 31.0 Å². The Balaban J connectivity index is 2.69. The molecule has 0 unspecified atom stereocenters. The summed E-state index contributed by atoms with van der Waals surface area (Å²) in [7, 11) is -5.79. The molecule has 0 aliphatic heterocycles. The number of pyridine rings is 1. The third-order valence-corrected chi connectivity index (χ3v) is 4.24. The molecule has 2 heterocycles. The summed E-state index contributed by atoms with van der Waals surface area (Å²) in [5, 5.41) is 4.92. The summed E-state index contributed by atoms with van der Waals surface area (Å²) in [5.41, 5.74) is -4.06. The minimum Gasteiger partial charge on any atom is -0.355 e. The van der Waals surface area contributed by atoms with E-state index in [1.165, 1.54) is 10.7 Å². The Morgan fingerprint density at radius 2 is 2.04 bits per heavy atom. The van der Waals surface area contributed by atoms with Crippen molar-refractivity contribution in [3.8, 4) is 5.88 Å². The van der Waals surface area contributed by atoms with Gasteiger partial charge in [0.1, 0.15) is 0 Å². The van der Waals surface area contributed by atoms with E-state index in [1.54, 1.807) is 13.0 Å². The molecule has 0 saturated heterocycles. The average Bonchev–Trinajstić information content (AvgIpc) is 2.73. The van der Waals surface area contributed by atoms with E-state index >= 15 is 0 Å². The second kappa shape index (κ2) is 6.08. The highest BCUT2D eigenvalue weighted by Crippen LogP contribution is 2.32. The summed E-state index contributed by atoms with van der Waals surface area (Å²) in [6.07, 6.45) is 1.54. The first kappa shape index (κ1) is 18.2. The lowest BCUT2D eigenvalue weighted by Gasteiger charge is -2.12. The van der Waals surface area contributed by atoms with Crippen molar-refractivity contribution in [2.75, 3.05) is 0 Å². The predicted molar refractivity (Wildman–Crippen MR) is 82.2 cm³/mol. The Morgan fingerprint density at radius 3 is 2.54 bits per heavy atom. The van der Waals surface area contributed by atoms with Crippen molar-refractivity contribution >= 4 is 21.2 Å². The van der Waals surface area contributed by atoms with Crippen molar-refractivity contribution in [1.82, 2.24) is 14.8 Å². The van der Waals surface area contributed by atoms with E-state index in [1.807, 2.05) is 13.8 Å². The lowest BCUT2D eigenvalue weighted by Crippen LogP contribution is -2.28. The van der Waals surface area contributed by atoms with Gasteiger partial charge >= 0.3 is 15.6 Å². The molecule has 0 spiro atoms. The Morgan fingerprint density at radius 1 is 1.42 bits per heavy atom. The van der Waals surface area contributed by atoms with Crippen LogP contribution < -0.4 is 4.18 Å². The quantitative estimate of drug-likeness (QED) is 0.463. The molecule has 6 nitrogen and oxygen atoms in total. The third-order valence-electron chi connectivity index (χ3n) is 3.29. The number of fused-ring (bicyclic) bond motifs is 1. The van der Waals surface area contributed by atoms with Crippen molar-refractivity contribution in [3.05, 3.63) is 30.0 Å². The molecule has 0 aromatic carbocycles. The first-order chi connectivity index (χ1) is 11.0. The van der Waals surface area contributed by atoms with Crippen molar-refractivity contribution in [2.45, 2.75) is 38.7 Å². The number of alkyl halides is 3. The van der Waals surface area contributed by atoms with Crippen LogP contribution in [0.5, 0.6) is 5.88 Å². The van der Waals surface area contributed by atoms with Crippen LogP contribution in [-0.4, -0.2) is 28.7 Å². The molecule has 0 bridgehead atoms. The maximum absolute atomic E-state index is 12.5. The largest absolute Gasteiger partial charge is 0.534 e. The van der Waals surface area contributed by atoms with E-state index in [-0.39, 0.29) is 18.1 Å². The van der Waals surface area contributed by atoms with Gasteiger partial charge in [0.15, 0.2) is 5.65 Å². The van der Waals surface area contributed by atoms with E-state index in [4.69, 9.17) is 0 Å². The van der Waals surface area contributed by atoms with E-state index < -0.39 is 21.5 Å². The maximum Gasteiger partial charge on any atom is 0.534 e. The van der Waals surface area contributed by atoms with E-state index in [0.717, 1.165) is 0 Å².